The van der Waals surface area contributed by atoms with Gasteiger partial charge in [-0.2, -0.15) is 0 Å². The van der Waals surface area contributed by atoms with Crippen LogP contribution in [0.3, 0.4) is 0 Å². The van der Waals surface area contributed by atoms with Crippen molar-refractivity contribution in [3.8, 4) is 0 Å². The van der Waals surface area contributed by atoms with Gasteiger partial charge in [0.1, 0.15) is 5.82 Å². The molecule has 1 aliphatic heterocycles. The molecule has 122 valence electrons. The van der Waals surface area contributed by atoms with Crippen molar-refractivity contribution in [2.75, 3.05) is 32.1 Å². The van der Waals surface area contributed by atoms with Crippen LogP contribution in [-0.4, -0.2) is 52.1 Å². The summed E-state index contributed by atoms with van der Waals surface area (Å²) >= 11 is 0. The number of anilines is 1. The standard InChI is InChI=1S/C17H24N6/c1-21(2)17-6-3-13(9-18-17)10-22-8-7-15(11-22)23-12-16(19-20-23)14-4-5-14/h3,6,9,12,14-15H,4-5,7-8,10-11H2,1-2H3/t15-/m0/s1. The maximum Gasteiger partial charge on any atom is 0.127 e. The molecule has 1 saturated carbocycles. The van der Waals surface area contributed by atoms with Crippen LogP contribution in [0.1, 0.15) is 42.5 Å². The Balaban J connectivity index is 1.36. The Bertz CT molecular complexity index is 658. The van der Waals surface area contributed by atoms with Crippen LogP contribution >= 0.6 is 0 Å². The van der Waals surface area contributed by atoms with Crippen molar-refractivity contribution in [3.05, 3.63) is 35.8 Å². The molecule has 0 radical (unpaired) electrons. The van der Waals surface area contributed by atoms with E-state index in [2.05, 4.69) is 43.2 Å². The summed E-state index contributed by atoms with van der Waals surface area (Å²) in [5.74, 6) is 1.69. The van der Waals surface area contributed by atoms with Crippen LogP contribution in [0.4, 0.5) is 5.82 Å². The molecule has 1 atom stereocenters. The van der Waals surface area contributed by atoms with E-state index in [1.807, 2.05) is 25.2 Å². The molecule has 1 saturated heterocycles. The molecule has 2 aromatic rings. The number of nitrogens with zero attached hydrogens (tertiary/aromatic N) is 6. The number of hydrogen-bond donors (Lipinski definition) is 0. The Morgan fingerprint density at radius 3 is 2.78 bits per heavy atom. The van der Waals surface area contributed by atoms with Crippen molar-refractivity contribution in [2.24, 2.45) is 0 Å². The molecule has 3 heterocycles. The maximum absolute atomic E-state index is 4.50. The average Bonchev–Trinajstić information content (AvgIpc) is 3.09. The molecule has 0 N–H and O–H groups in total. The monoisotopic (exact) mass is 312 g/mol. The third kappa shape index (κ3) is 3.22. The van der Waals surface area contributed by atoms with Crippen LogP contribution in [0.2, 0.25) is 0 Å². The fourth-order valence-electron chi connectivity index (χ4n) is 3.24. The fraction of sp³-hybridized carbons (Fsp3) is 0.588. The lowest BCUT2D eigenvalue weighted by molar-refractivity contribution is 0.310. The quantitative estimate of drug-likeness (QED) is 0.846. The van der Waals surface area contributed by atoms with Gasteiger partial charge in [-0.25, -0.2) is 9.67 Å². The van der Waals surface area contributed by atoms with Gasteiger partial charge < -0.3 is 4.90 Å². The fourth-order valence-corrected chi connectivity index (χ4v) is 3.24. The first-order valence-corrected chi connectivity index (χ1v) is 8.45. The van der Waals surface area contributed by atoms with Gasteiger partial charge in [0, 0.05) is 52.0 Å². The number of aromatic nitrogens is 4. The zero-order valence-corrected chi connectivity index (χ0v) is 13.9. The largest absolute Gasteiger partial charge is 0.363 e. The molecule has 4 rings (SSSR count). The highest BCUT2D eigenvalue weighted by Gasteiger charge is 2.29. The van der Waals surface area contributed by atoms with Gasteiger partial charge in [0.05, 0.1) is 11.7 Å². The molecular weight excluding hydrogens is 288 g/mol. The predicted molar refractivity (Wildman–Crippen MR) is 89.5 cm³/mol. The van der Waals surface area contributed by atoms with E-state index in [1.54, 1.807) is 0 Å². The van der Waals surface area contributed by atoms with Gasteiger partial charge in [-0.1, -0.05) is 11.3 Å². The first kappa shape index (κ1) is 14.6. The molecule has 6 heteroatoms. The van der Waals surface area contributed by atoms with Crippen molar-refractivity contribution in [2.45, 2.75) is 37.8 Å². The smallest absolute Gasteiger partial charge is 0.127 e. The lowest BCUT2D eigenvalue weighted by Crippen LogP contribution is -2.21. The molecule has 0 amide bonds. The lowest BCUT2D eigenvalue weighted by Gasteiger charge is -2.17. The zero-order valence-electron chi connectivity index (χ0n) is 13.9. The second-order valence-electron chi connectivity index (χ2n) is 6.99. The maximum atomic E-state index is 4.50. The summed E-state index contributed by atoms with van der Waals surface area (Å²) in [5.41, 5.74) is 2.46. The van der Waals surface area contributed by atoms with Gasteiger partial charge in [0.2, 0.25) is 0 Å². The van der Waals surface area contributed by atoms with Crippen LogP contribution in [0.25, 0.3) is 0 Å². The lowest BCUT2D eigenvalue weighted by atomic mass is 10.2. The Morgan fingerprint density at radius 2 is 2.09 bits per heavy atom. The van der Waals surface area contributed by atoms with Crippen molar-refractivity contribution in [1.82, 2.24) is 24.9 Å². The van der Waals surface area contributed by atoms with E-state index < -0.39 is 0 Å². The number of rotatable bonds is 5. The van der Waals surface area contributed by atoms with Crippen LogP contribution in [0, 0.1) is 0 Å². The van der Waals surface area contributed by atoms with E-state index in [-0.39, 0.29) is 0 Å². The number of likely N-dealkylation sites (tertiary alicyclic amines) is 1. The van der Waals surface area contributed by atoms with Gasteiger partial charge in [-0.3, -0.25) is 4.90 Å². The first-order valence-electron chi connectivity index (χ1n) is 8.45. The molecule has 2 aliphatic rings. The summed E-state index contributed by atoms with van der Waals surface area (Å²) in [7, 11) is 4.03. The van der Waals surface area contributed by atoms with E-state index in [1.165, 1.54) is 24.1 Å². The summed E-state index contributed by atoms with van der Waals surface area (Å²) in [6.07, 6.45) is 7.87. The summed E-state index contributed by atoms with van der Waals surface area (Å²) in [4.78, 5) is 9.01. The second kappa shape index (κ2) is 5.92. The third-order valence-electron chi connectivity index (χ3n) is 4.82. The molecule has 23 heavy (non-hydrogen) atoms. The summed E-state index contributed by atoms with van der Waals surface area (Å²) in [6.45, 7) is 3.11. The van der Waals surface area contributed by atoms with Crippen LogP contribution in [0.15, 0.2) is 24.5 Å². The Kier molecular flexibility index (Phi) is 3.77. The molecule has 0 aromatic carbocycles. The van der Waals surface area contributed by atoms with Gasteiger partial charge >= 0.3 is 0 Å². The minimum Gasteiger partial charge on any atom is -0.363 e. The minimum atomic E-state index is 0.462. The normalized spacial score (nSPS) is 21.7. The third-order valence-corrected chi connectivity index (χ3v) is 4.82. The Hall–Kier alpha value is -1.95. The molecule has 0 bridgehead atoms. The van der Waals surface area contributed by atoms with Crippen LogP contribution in [0.5, 0.6) is 0 Å². The highest BCUT2D eigenvalue weighted by molar-refractivity contribution is 5.37. The van der Waals surface area contributed by atoms with E-state index in [0.717, 1.165) is 31.9 Å². The highest BCUT2D eigenvalue weighted by Crippen LogP contribution is 2.39. The van der Waals surface area contributed by atoms with Gasteiger partial charge in [-0.05, 0) is 30.9 Å². The van der Waals surface area contributed by atoms with Crippen molar-refractivity contribution in [3.63, 3.8) is 0 Å². The zero-order chi connectivity index (χ0) is 15.8. The summed E-state index contributed by atoms with van der Waals surface area (Å²) < 4.78 is 2.08. The molecular formula is C17H24N6. The molecule has 0 spiro atoms. The van der Waals surface area contributed by atoms with E-state index in [9.17, 15) is 0 Å². The van der Waals surface area contributed by atoms with E-state index in [0.29, 0.717) is 12.0 Å². The predicted octanol–water partition coefficient (Wildman–Crippen LogP) is 2.06. The summed E-state index contributed by atoms with van der Waals surface area (Å²) in [5, 5.41) is 8.69. The van der Waals surface area contributed by atoms with Crippen molar-refractivity contribution >= 4 is 5.82 Å². The van der Waals surface area contributed by atoms with Crippen LogP contribution < -0.4 is 4.90 Å². The van der Waals surface area contributed by atoms with E-state index in [4.69, 9.17) is 0 Å². The topological polar surface area (TPSA) is 50.1 Å². The average molecular weight is 312 g/mol. The minimum absolute atomic E-state index is 0.462. The highest BCUT2D eigenvalue weighted by atomic mass is 15.4. The molecule has 2 fully saturated rings. The molecule has 6 nitrogen and oxygen atoms in total. The SMILES string of the molecule is CN(C)c1ccc(CN2CC[C@H](n3cc(C4CC4)nn3)C2)cn1. The number of pyridine rings is 1. The molecule has 1 aliphatic carbocycles. The molecule has 2 aromatic heterocycles. The van der Waals surface area contributed by atoms with Gasteiger partial charge in [-0.15, -0.1) is 5.10 Å². The van der Waals surface area contributed by atoms with Crippen LogP contribution in [-0.2, 0) is 6.54 Å². The van der Waals surface area contributed by atoms with Crippen molar-refractivity contribution < 1.29 is 0 Å². The van der Waals surface area contributed by atoms with Crippen molar-refractivity contribution in [1.29, 1.82) is 0 Å². The van der Waals surface area contributed by atoms with Gasteiger partial charge in [0.25, 0.3) is 0 Å². The molecule has 0 unspecified atom stereocenters. The second-order valence-corrected chi connectivity index (χ2v) is 6.99. The Labute approximate surface area is 137 Å². The summed E-state index contributed by atoms with van der Waals surface area (Å²) in [6, 6.07) is 4.72. The van der Waals surface area contributed by atoms with Gasteiger partial charge in [0.15, 0.2) is 0 Å². The number of hydrogen-bond acceptors (Lipinski definition) is 5. The first-order chi connectivity index (χ1) is 11.2. The van der Waals surface area contributed by atoms with E-state index >= 15 is 0 Å². The Morgan fingerprint density at radius 1 is 1.22 bits per heavy atom.